The van der Waals surface area contributed by atoms with Crippen molar-refractivity contribution in [3.63, 3.8) is 0 Å². The van der Waals surface area contributed by atoms with Crippen molar-refractivity contribution >= 4 is 11.7 Å². The molecule has 3 rings (SSSR count). The van der Waals surface area contributed by atoms with Crippen LogP contribution in [-0.4, -0.2) is 27.8 Å². The van der Waals surface area contributed by atoms with Crippen molar-refractivity contribution in [2.24, 2.45) is 0 Å². The normalized spacial score (nSPS) is 14.0. The van der Waals surface area contributed by atoms with E-state index in [1.807, 2.05) is 13.0 Å². The molecule has 1 aliphatic heterocycles. The molecule has 0 saturated carbocycles. The number of aromatic nitrogens is 2. The molecule has 2 aromatic rings. The Morgan fingerprint density at radius 1 is 1.38 bits per heavy atom. The monoisotopic (exact) mass is 287 g/mol. The van der Waals surface area contributed by atoms with E-state index in [4.69, 9.17) is 4.42 Å². The summed E-state index contributed by atoms with van der Waals surface area (Å²) in [6, 6.07) is 5.40. The number of hydrogen-bond acceptors (Lipinski definition) is 5. The molecule has 0 fully saturated rings. The number of hydrogen-bond donors (Lipinski definition) is 1. The van der Waals surface area contributed by atoms with Crippen molar-refractivity contribution in [3.05, 3.63) is 41.1 Å². The van der Waals surface area contributed by atoms with Gasteiger partial charge in [0, 0.05) is 18.7 Å². The van der Waals surface area contributed by atoms with Crippen LogP contribution in [0.2, 0.25) is 0 Å². The van der Waals surface area contributed by atoms with Crippen LogP contribution in [0.1, 0.15) is 41.0 Å². The molecule has 0 aliphatic carbocycles. The fourth-order valence-electron chi connectivity index (χ4n) is 2.72. The zero-order valence-corrected chi connectivity index (χ0v) is 11.9. The summed E-state index contributed by atoms with van der Waals surface area (Å²) in [5, 5.41) is 17.3. The summed E-state index contributed by atoms with van der Waals surface area (Å²) in [5.41, 5.74) is 2.24. The zero-order valence-electron chi connectivity index (χ0n) is 11.9. The van der Waals surface area contributed by atoms with Crippen LogP contribution in [0.5, 0.6) is 0 Å². The third-order valence-corrected chi connectivity index (χ3v) is 3.71. The van der Waals surface area contributed by atoms with Crippen LogP contribution in [0.25, 0.3) is 0 Å². The minimum absolute atomic E-state index is 0.386. The van der Waals surface area contributed by atoms with Gasteiger partial charge in [0.25, 0.3) is 0 Å². The minimum atomic E-state index is -0.875. The van der Waals surface area contributed by atoms with Gasteiger partial charge in [-0.05, 0) is 30.5 Å². The number of anilines is 1. The summed E-state index contributed by atoms with van der Waals surface area (Å²) >= 11 is 0. The molecular weight excluding hydrogens is 270 g/mol. The van der Waals surface area contributed by atoms with E-state index in [0.717, 1.165) is 30.6 Å². The van der Waals surface area contributed by atoms with Crippen molar-refractivity contribution in [3.8, 4) is 0 Å². The maximum Gasteiger partial charge on any atom is 0.336 e. The topological polar surface area (TPSA) is 79.5 Å². The summed E-state index contributed by atoms with van der Waals surface area (Å²) in [7, 11) is 0. The fourth-order valence-corrected chi connectivity index (χ4v) is 2.72. The highest BCUT2D eigenvalue weighted by molar-refractivity contribution is 5.91. The highest BCUT2D eigenvalue weighted by Gasteiger charge is 2.23. The van der Waals surface area contributed by atoms with Gasteiger partial charge < -0.3 is 14.4 Å². The van der Waals surface area contributed by atoms with Gasteiger partial charge in [0.05, 0.1) is 12.1 Å². The Bertz CT molecular complexity index is 666. The molecule has 1 N–H and O–H groups in total. The van der Waals surface area contributed by atoms with E-state index in [1.165, 1.54) is 0 Å². The lowest BCUT2D eigenvalue weighted by molar-refractivity contribution is 0.0695. The highest BCUT2D eigenvalue weighted by atomic mass is 16.4. The first-order valence-corrected chi connectivity index (χ1v) is 7.10. The second-order valence-electron chi connectivity index (χ2n) is 5.08. The van der Waals surface area contributed by atoms with Gasteiger partial charge in [-0.2, -0.15) is 0 Å². The summed E-state index contributed by atoms with van der Waals surface area (Å²) in [6.07, 6.45) is 2.43. The molecule has 0 atom stereocenters. The molecule has 21 heavy (non-hydrogen) atoms. The van der Waals surface area contributed by atoms with E-state index in [1.54, 1.807) is 12.1 Å². The average Bonchev–Trinajstić information content (AvgIpc) is 2.94. The molecule has 1 aliphatic rings. The van der Waals surface area contributed by atoms with Crippen molar-refractivity contribution < 1.29 is 14.3 Å². The number of fused-ring (bicyclic) bond motifs is 1. The third-order valence-electron chi connectivity index (χ3n) is 3.71. The van der Waals surface area contributed by atoms with E-state index in [9.17, 15) is 9.90 Å². The van der Waals surface area contributed by atoms with Gasteiger partial charge in [0.1, 0.15) is 0 Å². The lowest BCUT2D eigenvalue weighted by Gasteiger charge is -2.30. The second kappa shape index (κ2) is 5.55. The number of carbonyl (C=O) groups is 1. The number of rotatable bonds is 4. The number of nitrogens with zero attached hydrogens (tertiary/aromatic N) is 3. The minimum Gasteiger partial charge on any atom is -0.478 e. The van der Waals surface area contributed by atoms with Gasteiger partial charge in [-0.25, -0.2) is 4.79 Å². The maximum absolute atomic E-state index is 11.3. The van der Waals surface area contributed by atoms with Crippen LogP contribution < -0.4 is 4.90 Å². The second-order valence-corrected chi connectivity index (χ2v) is 5.08. The largest absolute Gasteiger partial charge is 0.478 e. The molecule has 0 spiro atoms. The van der Waals surface area contributed by atoms with Gasteiger partial charge in [-0.15, -0.1) is 10.2 Å². The van der Waals surface area contributed by atoms with Crippen LogP contribution in [0, 0.1) is 0 Å². The number of aryl methyl sites for hydroxylation is 1. The van der Waals surface area contributed by atoms with Crippen molar-refractivity contribution in [2.45, 2.75) is 32.7 Å². The quantitative estimate of drug-likeness (QED) is 0.929. The lowest BCUT2D eigenvalue weighted by Crippen LogP contribution is -2.30. The predicted octanol–water partition coefficient (Wildman–Crippen LogP) is 2.28. The van der Waals surface area contributed by atoms with Crippen LogP contribution in [-0.2, 0) is 19.4 Å². The molecule has 110 valence electrons. The van der Waals surface area contributed by atoms with E-state index < -0.39 is 5.97 Å². The Labute approximate surface area is 122 Å². The van der Waals surface area contributed by atoms with Crippen molar-refractivity contribution in [1.29, 1.82) is 0 Å². The first-order valence-electron chi connectivity index (χ1n) is 7.10. The van der Waals surface area contributed by atoms with E-state index >= 15 is 0 Å². The molecule has 2 heterocycles. The summed E-state index contributed by atoms with van der Waals surface area (Å²) in [4.78, 5) is 13.4. The first kappa shape index (κ1) is 13.6. The lowest BCUT2D eigenvalue weighted by atomic mass is 9.96. The Morgan fingerprint density at radius 3 is 2.90 bits per heavy atom. The van der Waals surface area contributed by atoms with Gasteiger partial charge >= 0.3 is 5.97 Å². The molecule has 6 nitrogen and oxygen atoms in total. The smallest absolute Gasteiger partial charge is 0.336 e. The molecule has 0 radical (unpaired) electrons. The zero-order chi connectivity index (χ0) is 14.8. The third kappa shape index (κ3) is 2.61. The van der Waals surface area contributed by atoms with Gasteiger partial charge in [0.2, 0.25) is 11.8 Å². The van der Waals surface area contributed by atoms with E-state index in [0.29, 0.717) is 30.3 Å². The van der Waals surface area contributed by atoms with Crippen molar-refractivity contribution in [1.82, 2.24) is 10.2 Å². The molecule has 0 unspecified atom stereocenters. The standard InChI is InChI=1S/C15H17N3O3/c1-2-13-16-17-14(21-13)9-18-8-4-6-10-11(15(19)20)5-3-7-12(10)18/h3,5,7H,2,4,6,8-9H2,1H3,(H,19,20). The number of carboxylic acid groups (broad SMARTS) is 1. The average molecular weight is 287 g/mol. The summed E-state index contributed by atoms with van der Waals surface area (Å²) in [6.45, 7) is 3.34. The Hall–Kier alpha value is -2.37. The molecular formula is C15H17N3O3. The summed E-state index contributed by atoms with van der Waals surface area (Å²) < 4.78 is 5.55. The molecule has 1 aromatic heterocycles. The van der Waals surface area contributed by atoms with E-state index in [-0.39, 0.29) is 0 Å². The Kier molecular flexibility index (Phi) is 3.60. The van der Waals surface area contributed by atoms with Crippen LogP contribution in [0.4, 0.5) is 5.69 Å². The Balaban J connectivity index is 1.90. The number of benzene rings is 1. The molecule has 1 aromatic carbocycles. The van der Waals surface area contributed by atoms with Gasteiger partial charge in [-0.1, -0.05) is 13.0 Å². The van der Waals surface area contributed by atoms with Gasteiger partial charge in [0.15, 0.2) is 0 Å². The van der Waals surface area contributed by atoms with E-state index in [2.05, 4.69) is 15.1 Å². The molecule has 0 bridgehead atoms. The molecule has 6 heteroatoms. The SMILES string of the molecule is CCc1nnc(CN2CCCc3c(C(=O)O)cccc32)o1. The number of carboxylic acids is 1. The highest BCUT2D eigenvalue weighted by Crippen LogP contribution is 2.30. The van der Waals surface area contributed by atoms with Crippen LogP contribution >= 0.6 is 0 Å². The Morgan fingerprint density at radius 2 is 2.19 bits per heavy atom. The first-order chi connectivity index (χ1) is 10.2. The fraction of sp³-hybridized carbons (Fsp3) is 0.400. The maximum atomic E-state index is 11.3. The van der Waals surface area contributed by atoms with Crippen molar-refractivity contribution in [2.75, 3.05) is 11.4 Å². The summed E-state index contributed by atoms with van der Waals surface area (Å²) in [5.74, 6) is 0.321. The molecule has 0 saturated heterocycles. The van der Waals surface area contributed by atoms with Crippen LogP contribution in [0.15, 0.2) is 22.6 Å². The predicted molar refractivity (Wildman–Crippen MR) is 76.4 cm³/mol. The number of aromatic carboxylic acids is 1. The van der Waals surface area contributed by atoms with Crippen LogP contribution in [0.3, 0.4) is 0 Å². The molecule has 0 amide bonds. The van der Waals surface area contributed by atoms with Gasteiger partial charge in [-0.3, -0.25) is 0 Å².